The SMILES string of the molecule is CCCCN(CC(=O)Nc1cc(-c2ccccc2)nn1-c1ccccc1)C(=O)Nc1ccc(C)cc1. The molecule has 3 aromatic carbocycles. The fourth-order valence-electron chi connectivity index (χ4n) is 3.78. The van der Waals surface area contributed by atoms with E-state index in [0.717, 1.165) is 35.3 Å². The van der Waals surface area contributed by atoms with Gasteiger partial charge in [-0.1, -0.05) is 79.6 Å². The summed E-state index contributed by atoms with van der Waals surface area (Å²) in [7, 11) is 0. The normalized spacial score (nSPS) is 10.6. The van der Waals surface area contributed by atoms with Gasteiger partial charge in [-0.05, 0) is 37.6 Å². The van der Waals surface area contributed by atoms with Gasteiger partial charge in [0.15, 0.2) is 0 Å². The Kier molecular flexibility index (Phi) is 8.13. The number of aryl methyl sites for hydroxylation is 1. The van der Waals surface area contributed by atoms with E-state index in [9.17, 15) is 9.59 Å². The van der Waals surface area contributed by atoms with E-state index in [1.54, 1.807) is 9.58 Å². The Balaban J connectivity index is 1.53. The molecule has 0 aliphatic carbocycles. The van der Waals surface area contributed by atoms with Gasteiger partial charge in [-0.3, -0.25) is 4.79 Å². The number of carbonyl (C=O) groups is 2. The molecule has 0 radical (unpaired) electrons. The summed E-state index contributed by atoms with van der Waals surface area (Å²) in [4.78, 5) is 27.7. The molecule has 1 heterocycles. The van der Waals surface area contributed by atoms with Gasteiger partial charge in [0.25, 0.3) is 0 Å². The molecular weight excluding hydrogens is 450 g/mol. The molecule has 4 aromatic rings. The Morgan fingerprint density at radius 3 is 2.22 bits per heavy atom. The maximum atomic E-state index is 13.1. The number of para-hydroxylation sites is 1. The fourth-order valence-corrected chi connectivity index (χ4v) is 3.78. The van der Waals surface area contributed by atoms with Crippen molar-refractivity contribution < 1.29 is 9.59 Å². The minimum Gasteiger partial charge on any atom is -0.315 e. The van der Waals surface area contributed by atoms with Crippen LogP contribution in [0.2, 0.25) is 0 Å². The molecule has 184 valence electrons. The van der Waals surface area contributed by atoms with Gasteiger partial charge in [-0.2, -0.15) is 5.10 Å². The van der Waals surface area contributed by atoms with Crippen molar-refractivity contribution in [3.8, 4) is 16.9 Å². The molecule has 1 aromatic heterocycles. The first-order chi connectivity index (χ1) is 17.5. The smallest absolute Gasteiger partial charge is 0.315 e. The molecule has 7 nitrogen and oxygen atoms in total. The molecule has 0 saturated carbocycles. The molecule has 0 aliphatic heterocycles. The quantitative estimate of drug-likeness (QED) is 0.302. The van der Waals surface area contributed by atoms with Gasteiger partial charge in [-0.15, -0.1) is 0 Å². The average Bonchev–Trinajstić information content (AvgIpc) is 3.32. The number of amides is 3. The van der Waals surface area contributed by atoms with Gasteiger partial charge < -0.3 is 15.5 Å². The predicted molar refractivity (Wildman–Crippen MR) is 144 cm³/mol. The summed E-state index contributed by atoms with van der Waals surface area (Å²) < 4.78 is 1.71. The molecule has 0 aliphatic rings. The molecule has 2 N–H and O–H groups in total. The third-order valence-corrected chi connectivity index (χ3v) is 5.75. The Morgan fingerprint density at radius 2 is 1.56 bits per heavy atom. The first kappa shape index (κ1) is 24.7. The molecule has 0 fully saturated rings. The molecule has 36 heavy (non-hydrogen) atoms. The van der Waals surface area contributed by atoms with Crippen molar-refractivity contribution in [2.75, 3.05) is 23.7 Å². The number of hydrogen-bond acceptors (Lipinski definition) is 3. The number of benzene rings is 3. The molecule has 7 heteroatoms. The highest BCUT2D eigenvalue weighted by Gasteiger charge is 2.19. The zero-order valence-corrected chi connectivity index (χ0v) is 20.6. The number of anilines is 2. The summed E-state index contributed by atoms with van der Waals surface area (Å²) in [6.07, 6.45) is 1.71. The molecule has 0 unspecified atom stereocenters. The molecule has 0 bridgehead atoms. The summed E-state index contributed by atoms with van der Waals surface area (Å²) in [5.74, 6) is 0.251. The minimum atomic E-state index is -0.302. The summed E-state index contributed by atoms with van der Waals surface area (Å²) in [5.41, 5.74) is 4.33. The first-order valence-electron chi connectivity index (χ1n) is 12.2. The van der Waals surface area contributed by atoms with Crippen LogP contribution in [0.1, 0.15) is 25.3 Å². The van der Waals surface area contributed by atoms with Gasteiger partial charge in [0, 0.05) is 23.9 Å². The zero-order valence-electron chi connectivity index (χ0n) is 20.6. The van der Waals surface area contributed by atoms with E-state index in [1.807, 2.05) is 97.9 Å². The summed E-state index contributed by atoms with van der Waals surface area (Å²) in [5, 5.41) is 10.6. The van der Waals surface area contributed by atoms with Crippen molar-refractivity contribution in [2.45, 2.75) is 26.7 Å². The third kappa shape index (κ3) is 6.39. The number of nitrogens with zero attached hydrogens (tertiary/aromatic N) is 3. The first-order valence-corrected chi connectivity index (χ1v) is 12.2. The van der Waals surface area contributed by atoms with E-state index >= 15 is 0 Å². The molecule has 0 spiro atoms. The second kappa shape index (κ2) is 11.8. The van der Waals surface area contributed by atoms with E-state index in [2.05, 4.69) is 17.6 Å². The van der Waals surface area contributed by atoms with Crippen molar-refractivity contribution in [1.82, 2.24) is 14.7 Å². The van der Waals surface area contributed by atoms with E-state index < -0.39 is 0 Å². The van der Waals surface area contributed by atoms with Crippen molar-refractivity contribution in [2.24, 2.45) is 0 Å². The second-order valence-corrected chi connectivity index (χ2v) is 8.65. The lowest BCUT2D eigenvalue weighted by Gasteiger charge is -2.22. The highest BCUT2D eigenvalue weighted by molar-refractivity contribution is 5.97. The van der Waals surface area contributed by atoms with Crippen LogP contribution < -0.4 is 10.6 Å². The molecule has 0 atom stereocenters. The van der Waals surface area contributed by atoms with Crippen LogP contribution in [0, 0.1) is 6.92 Å². The largest absolute Gasteiger partial charge is 0.322 e. The van der Waals surface area contributed by atoms with E-state index in [0.29, 0.717) is 18.1 Å². The van der Waals surface area contributed by atoms with Crippen LogP contribution in [0.3, 0.4) is 0 Å². The standard InChI is InChI=1S/C29H31N5O2/c1-3-4-19-33(29(36)30-24-17-15-22(2)16-18-24)21-28(35)31-27-20-26(23-11-7-5-8-12-23)32-34(27)25-13-9-6-10-14-25/h5-18,20H,3-4,19,21H2,1-2H3,(H,30,36)(H,31,35). The van der Waals surface area contributed by atoms with Gasteiger partial charge >= 0.3 is 6.03 Å². The number of carbonyl (C=O) groups excluding carboxylic acids is 2. The Hall–Kier alpha value is -4.39. The number of hydrogen-bond donors (Lipinski definition) is 2. The Bertz CT molecular complexity index is 1280. The summed E-state index contributed by atoms with van der Waals surface area (Å²) in [6, 6.07) is 28.6. The van der Waals surface area contributed by atoms with Crippen LogP contribution >= 0.6 is 0 Å². The predicted octanol–water partition coefficient (Wildman–Crippen LogP) is 6.12. The topological polar surface area (TPSA) is 79.3 Å². The fraction of sp³-hybridized carbons (Fsp3) is 0.207. The van der Waals surface area contributed by atoms with Gasteiger partial charge in [0.1, 0.15) is 12.4 Å². The monoisotopic (exact) mass is 481 g/mol. The number of rotatable bonds is 9. The van der Waals surface area contributed by atoms with Gasteiger partial charge in [-0.25, -0.2) is 9.48 Å². The summed E-state index contributed by atoms with van der Waals surface area (Å²) in [6.45, 7) is 4.46. The van der Waals surface area contributed by atoms with Crippen LogP contribution in [-0.4, -0.2) is 39.7 Å². The van der Waals surface area contributed by atoms with Crippen molar-refractivity contribution >= 4 is 23.4 Å². The van der Waals surface area contributed by atoms with Gasteiger partial charge in [0.2, 0.25) is 5.91 Å². The van der Waals surface area contributed by atoms with Crippen LogP contribution in [0.15, 0.2) is 91.0 Å². The maximum Gasteiger partial charge on any atom is 0.322 e. The number of aromatic nitrogens is 2. The Morgan fingerprint density at radius 1 is 0.889 bits per heavy atom. The molecular formula is C29H31N5O2. The minimum absolute atomic E-state index is 0.0711. The van der Waals surface area contributed by atoms with Crippen LogP contribution in [-0.2, 0) is 4.79 Å². The molecule has 4 rings (SSSR count). The second-order valence-electron chi connectivity index (χ2n) is 8.65. The van der Waals surface area contributed by atoms with Crippen molar-refractivity contribution in [1.29, 1.82) is 0 Å². The van der Waals surface area contributed by atoms with E-state index in [1.165, 1.54) is 0 Å². The number of nitrogens with one attached hydrogen (secondary N) is 2. The van der Waals surface area contributed by atoms with Crippen LogP contribution in [0.25, 0.3) is 16.9 Å². The van der Waals surface area contributed by atoms with Gasteiger partial charge in [0.05, 0.1) is 11.4 Å². The van der Waals surface area contributed by atoms with Crippen LogP contribution in [0.4, 0.5) is 16.3 Å². The third-order valence-electron chi connectivity index (χ3n) is 5.75. The summed E-state index contributed by atoms with van der Waals surface area (Å²) >= 11 is 0. The van der Waals surface area contributed by atoms with E-state index in [-0.39, 0.29) is 18.5 Å². The average molecular weight is 482 g/mol. The number of unbranched alkanes of at least 4 members (excludes halogenated alkanes) is 1. The van der Waals surface area contributed by atoms with Crippen LogP contribution in [0.5, 0.6) is 0 Å². The lowest BCUT2D eigenvalue weighted by atomic mass is 10.1. The lowest BCUT2D eigenvalue weighted by molar-refractivity contribution is -0.116. The van der Waals surface area contributed by atoms with E-state index in [4.69, 9.17) is 5.10 Å². The van der Waals surface area contributed by atoms with Crippen molar-refractivity contribution in [3.05, 3.63) is 96.6 Å². The Labute approximate surface area is 211 Å². The number of urea groups is 1. The lowest BCUT2D eigenvalue weighted by Crippen LogP contribution is -2.41. The maximum absolute atomic E-state index is 13.1. The molecule has 3 amide bonds. The van der Waals surface area contributed by atoms with Crippen molar-refractivity contribution in [3.63, 3.8) is 0 Å². The highest BCUT2D eigenvalue weighted by Crippen LogP contribution is 2.24. The zero-order chi connectivity index (χ0) is 25.3. The highest BCUT2D eigenvalue weighted by atomic mass is 16.2. The molecule has 0 saturated heterocycles.